The number of halogens is 1. The Hall–Kier alpha value is -1.98. The van der Waals surface area contributed by atoms with Gasteiger partial charge in [-0.2, -0.15) is 0 Å². The zero-order chi connectivity index (χ0) is 14.4. The minimum absolute atomic E-state index is 0.282. The predicted octanol–water partition coefficient (Wildman–Crippen LogP) is 2.56. The van der Waals surface area contributed by atoms with Crippen LogP contribution in [0.2, 0.25) is 0 Å². The number of pyridine rings is 1. The summed E-state index contributed by atoms with van der Waals surface area (Å²) in [4.78, 5) is 4.05. The van der Waals surface area contributed by atoms with Crippen LogP contribution in [0.5, 0.6) is 5.75 Å². The van der Waals surface area contributed by atoms with Crippen LogP contribution < -0.4 is 16.0 Å². The van der Waals surface area contributed by atoms with Gasteiger partial charge < -0.3 is 4.74 Å². The summed E-state index contributed by atoms with van der Waals surface area (Å²) >= 11 is 0. The molecule has 2 rings (SSSR count). The summed E-state index contributed by atoms with van der Waals surface area (Å²) in [7, 11) is 0. The van der Waals surface area contributed by atoms with Crippen molar-refractivity contribution in [1.29, 1.82) is 0 Å². The quantitative estimate of drug-likeness (QED) is 0.628. The number of nitrogens with two attached hydrogens (primary N) is 1. The van der Waals surface area contributed by atoms with Gasteiger partial charge in [0.15, 0.2) is 0 Å². The van der Waals surface area contributed by atoms with Crippen LogP contribution in [0.25, 0.3) is 0 Å². The van der Waals surface area contributed by atoms with Crippen LogP contribution in [-0.4, -0.2) is 11.6 Å². The second-order valence-electron chi connectivity index (χ2n) is 4.42. The molecule has 0 fully saturated rings. The maximum Gasteiger partial charge on any atom is 0.141 e. The summed E-state index contributed by atoms with van der Waals surface area (Å²) in [6.07, 6.45) is 2.15. The fourth-order valence-electron chi connectivity index (χ4n) is 1.89. The van der Waals surface area contributed by atoms with Crippen LogP contribution in [0.3, 0.4) is 0 Å². The van der Waals surface area contributed by atoms with E-state index < -0.39 is 0 Å². The lowest BCUT2D eigenvalue weighted by Crippen LogP contribution is -2.29. The fourth-order valence-corrected chi connectivity index (χ4v) is 1.89. The molecule has 5 heteroatoms. The third-order valence-electron chi connectivity index (χ3n) is 2.90. The van der Waals surface area contributed by atoms with E-state index in [0.29, 0.717) is 12.3 Å². The van der Waals surface area contributed by atoms with Gasteiger partial charge in [-0.05, 0) is 36.2 Å². The minimum atomic E-state index is -0.368. The van der Waals surface area contributed by atoms with Crippen molar-refractivity contribution in [1.82, 2.24) is 10.4 Å². The van der Waals surface area contributed by atoms with Crippen LogP contribution in [0, 0.1) is 5.82 Å². The molecule has 0 amide bonds. The molecule has 1 heterocycles. The summed E-state index contributed by atoms with van der Waals surface area (Å²) < 4.78 is 18.4. The van der Waals surface area contributed by atoms with Crippen molar-refractivity contribution >= 4 is 0 Å². The van der Waals surface area contributed by atoms with E-state index in [2.05, 4.69) is 17.3 Å². The first-order valence-electron chi connectivity index (χ1n) is 6.55. The Morgan fingerprint density at radius 1 is 1.25 bits per heavy atom. The number of nitrogens with zero attached hydrogens (tertiary/aromatic N) is 1. The van der Waals surface area contributed by atoms with Crippen molar-refractivity contribution < 1.29 is 9.13 Å². The zero-order valence-corrected chi connectivity index (χ0v) is 11.3. The second kappa shape index (κ2) is 6.98. The first-order valence-corrected chi connectivity index (χ1v) is 6.55. The van der Waals surface area contributed by atoms with Crippen molar-refractivity contribution in [2.45, 2.75) is 19.4 Å². The van der Waals surface area contributed by atoms with Gasteiger partial charge in [0.05, 0.1) is 24.5 Å². The SMILES string of the molecule is CCCOc1ccc(C(NN)c2ccc(F)cn2)cc1. The first-order chi connectivity index (χ1) is 9.74. The molecule has 0 aliphatic rings. The van der Waals surface area contributed by atoms with Gasteiger partial charge in [0.25, 0.3) is 0 Å². The molecular formula is C15H18FN3O. The molecule has 0 saturated carbocycles. The summed E-state index contributed by atoms with van der Waals surface area (Å²) in [5.74, 6) is 6.03. The monoisotopic (exact) mass is 275 g/mol. The molecule has 1 aromatic heterocycles. The maximum absolute atomic E-state index is 12.9. The Morgan fingerprint density at radius 3 is 2.55 bits per heavy atom. The zero-order valence-electron chi connectivity index (χ0n) is 11.3. The average Bonchev–Trinajstić information content (AvgIpc) is 2.49. The van der Waals surface area contributed by atoms with Gasteiger partial charge in [0.2, 0.25) is 0 Å². The van der Waals surface area contributed by atoms with Crippen molar-refractivity contribution in [2.24, 2.45) is 5.84 Å². The lowest BCUT2D eigenvalue weighted by molar-refractivity contribution is 0.317. The van der Waals surface area contributed by atoms with Gasteiger partial charge in [-0.3, -0.25) is 10.8 Å². The molecule has 0 aliphatic heterocycles. The Kier molecular flexibility index (Phi) is 5.03. The summed E-state index contributed by atoms with van der Waals surface area (Å²) in [6.45, 7) is 2.75. The summed E-state index contributed by atoms with van der Waals surface area (Å²) in [5.41, 5.74) is 4.29. The number of rotatable bonds is 6. The number of aromatic nitrogens is 1. The molecule has 4 nitrogen and oxygen atoms in total. The van der Waals surface area contributed by atoms with Crippen LogP contribution >= 0.6 is 0 Å². The molecule has 2 aromatic rings. The van der Waals surface area contributed by atoms with Gasteiger partial charge in [-0.25, -0.2) is 9.82 Å². The van der Waals surface area contributed by atoms with E-state index in [1.165, 1.54) is 12.3 Å². The van der Waals surface area contributed by atoms with Crippen molar-refractivity contribution in [2.75, 3.05) is 6.61 Å². The summed E-state index contributed by atoms with van der Waals surface area (Å²) in [5, 5.41) is 0. The average molecular weight is 275 g/mol. The van der Waals surface area contributed by atoms with E-state index in [1.807, 2.05) is 24.3 Å². The molecule has 0 aliphatic carbocycles. The highest BCUT2D eigenvalue weighted by molar-refractivity contribution is 5.33. The second-order valence-corrected chi connectivity index (χ2v) is 4.42. The minimum Gasteiger partial charge on any atom is -0.494 e. The van der Waals surface area contributed by atoms with Gasteiger partial charge in [-0.15, -0.1) is 0 Å². The molecular weight excluding hydrogens is 257 g/mol. The molecule has 0 radical (unpaired) electrons. The van der Waals surface area contributed by atoms with E-state index in [9.17, 15) is 4.39 Å². The predicted molar refractivity (Wildman–Crippen MR) is 75.6 cm³/mol. The van der Waals surface area contributed by atoms with Crippen molar-refractivity contribution in [3.05, 3.63) is 59.7 Å². The standard InChI is InChI=1S/C15H18FN3O/c1-2-9-20-13-6-3-11(4-7-13)15(19-17)14-8-5-12(16)10-18-14/h3-8,10,15,19H,2,9,17H2,1H3. The van der Waals surface area contributed by atoms with Gasteiger partial charge in [0, 0.05) is 0 Å². The number of hydrogen-bond donors (Lipinski definition) is 2. The largest absolute Gasteiger partial charge is 0.494 e. The Balaban J connectivity index is 2.17. The van der Waals surface area contributed by atoms with Crippen molar-refractivity contribution in [3.8, 4) is 5.75 Å². The van der Waals surface area contributed by atoms with E-state index in [-0.39, 0.29) is 11.9 Å². The van der Waals surface area contributed by atoms with Crippen molar-refractivity contribution in [3.63, 3.8) is 0 Å². The number of hydrogen-bond acceptors (Lipinski definition) is 4. The van der Waals surface area contributed by atoms with Gasteiger partial charge in [-0.1, -0.05) is 19.1 Å². The maximum atomic E-state index is 12.9. The Morgan fingerprint density at radius 2 is 2.00 bits per heavy atom. The van der Waals surface area contributed by atoms with Gasteiger partial charge in [0.1, 0.15) is 11.6 Å². The van der Waals surface area contributed by atoms with Crippen LogP contribution in [0.15, 0.2) is 42.6 Å². The fraction of sp³-hybridized carbons (Fsp3) is 0.267. The smallest absolute Gasteiger partial charge is 0.141 e. The third kappa shape index (κ3) is 3.53. The highest BCUT2D eigenvalue weighted by Crippen LogP contribution is 2.22. The highest BCUT2D eigenvalue weighted by atomic mass is 19.1. The van der Waals surface area contributed by atoms with Crippen LogP contribution in [0.4, 0.5) is 4.39 Å². The number of ether oxygens (including phenoxy) is 1. The van der Waals surface area contributed by atoms with Gasteiger partial charge >= 0.3 is 0 Å². The molecule has 0 saturated heterocycles. The lowest BCUT2D eigenvalue weighted by atomic mass is 10.0. The lowest BCUT2D eigenvalue weighted by Gasteiger charge is -2.16. The normalized spacial score (nSPS) is 12.2. The van der Waals surface area contributed by atoms with E-state index in [0.717, 1.165) is 17.7 Å². The van der Waals surface area contributed by atoms with E-state index in [4.69, 9.17) is 10.6 Å². The molecule has 20 heavy (non-hydrogen) atoms. The summed E-state index contributed by atoms with van der Waals surface area (Å²) in [6, 6.07) is 10.3. The molecule has 106 valence electrons. The topological polar surface area (TPSA) is 60.2 Å². The number of benzene rings is 1. The van der Waals surface area contributed by atoms with Crippen LogP contribution in [-0.2, 0) is 0 Å². The first kappa shape index (κ1) is 14.4. The highest BCUT2D eigenvalue weighted by Gasteiger charge is 2.13. The molecule has 0 bridgehead atoms. The molecule has 1 unspecified atom stereocenters. The molecule has 1 aromatic carbocycles. The molecule has 0 spiro atoms. The molecule has 1 atom stereocenters. The Bertz CT molecular complexity index is 528. The van der Waals surface area contributed by atoms with E-state index in [1.54, 1.807) is 6.07 Å². The van der Waals surface area contributed by atoms with E-state index >= 15 is 0 Å². The Labute approximate surface area is 117 Å². The third-order valence-corrected chi connectivity index (χ3v) is 2.90. The number of nitrogens with one attached hydrogen (secondary N) is 1. The molecule has 3 N–H and O–H groups in total. The van der Waals surface area contributed by atoms with Crippen LogP contribution in [0.1, 0.15) is 30.6 Å². The number of hydrazine groups is 1.